The summed E-state index contributed by atoms with van der Waals surface area (Å²) in [6, 6.07) is 0. The average molecular weight is 359 g/mol. The summed E-state index contributed by atoms with van der Waals surface area (Å²) in [5, 5.41) is 7.11. The van der Waals surface area contributed by atoms with Gasteiger partial charge in [0.05, 0.1) is 11.7 Å². The van der Waals surface area contributed by atoms with Gasteiger partial charge in [-0.2, -0.15) is 18.2 Å². The number of aromatic amines is 2. The Morgan fingerprint density at radius 2 is 1.88 bits per heavy atom. The monoisotopic (exact) mass is 359 g/mol. The number of alkyl halides is 3. The lowest BCUT2D eigenvalue weighted by Gasteiger charge is -2.08. The molecule has 0 aliphatic rings. The first-order valence-electron chi connectivity index (χ1n) is 7.21. The van der Waals surface area contributed by atoms with E-state index in [4.69, 9.17) is 4.74 Å². The molecule has 2 rings (SSSR count). The molecule has 25 heavy (non-hydrogen) atoms. The van der Waals surface area contributed by atoms with Crippen LogP contribution in [0.3, 0.4) is 0 Å². The van der Waals surface area contributed by atoms with Crippen molar-refractivity contribution in [3.8, 4) is 0 Å². The Labute approximate surface area is 140 Å². The number of anilines is 1. The van der Waals surface area contributed by atoms with Gasteiger partial charge in [0.25, 0.3) is 5.91 Å². The van der Waals surface area contributed by atoms with Crippen molar-refractivity contribution in [1.82, 2.24) is 20.2 Å². The summed E-state index contributed by atoms with van der Waals surface area (Å²) in [7, 11) is 0. The molecule has 2 aromatic heterocycles. The number of aryl methyl sites for hydroxylation is 1. The molecule has 0 saturated heterocycles. The lowest BCUT2D eigenvalue weighted by Crippen LogP contribution is -2.16. The molecule has 2 heterocycles. The van der Waals surface area contributed by atoms with Gasteiger partial charge in [0.2, 0.25) is 11.8 Å². The molecule has 0 radical (unpaired) electrons. The Morgan fingerprint density at radius 1 is 1.24 bits per heavy atom. The molecule has 0 spiro atoms. The molecule has 0 unspecified atom stereocenters. The van der Waals surface area contributed by atoms with Crippen molar-refractivity contribution >= 4 is 17.8 Å². The fourth-order valence-corrected chi connectivity index (χ4v) is 2.16. The van der Waals surface area contributed by atoms with E-state index in [1.165, 1.54) is 6.92 Å². The second-order valence-electron chi connectivity index (χ2n) is 5.54. The number of nitrogens with one attached hydrogen (secondary N) is 3. The molecule has 0 aliphatic heterocycles. The summed E-state index contributed by atoms with van der Waals surface area (Å²) in [5.74, 6) is -3.24. The van der Waals surface area contributed by atoms with E-state index < -0.39 is 29.8 Å². The number of ether oxygens (including phenoxy) is 1. The minimum Gasteiger partial charge on any atom is -0.459 e. The summed E-state index contributed by atoms with van der Waals surface area (Å²) in [5.41, 5.74) is 0.919. The van der Waals surface area contributed by atoms with Crippen LogP contribution in [0.4, 0.5) is 19.1 Å². The van der Waals surface area contributed by atoms with Gasteiger partial charge in [-0.05, 0) is 33.3 Å². The number of amides is 1. The van der Waals surface area contributed by atoms with Crippen molar-refractivity contribution in [2.75, 3.05) is 5.32 Å². The number of H-pyrrole nitrogens is 2. The van der Waals surface area contributed by atoms with Crippen molar-refractivity contribution < 1.29 is 27.5 Å². The predicted octanol–water partition coefficient (Wildman–Crippen LogP) is 2.59. The highest BCUT2D eigenvalue weighted by atomic mass is 19.4. The Morgan fingerprint density at radius 3 is 2.40 bits per heavy atom. The smallest absolute Gasteiger partial charge is 0.451 e. The molecule has 1 amide bonds. The first-order valence-corrected chi connectivity index (χ1v) is 7.21. The van der Waals surface area contributed by atoms with Crippen LogP contribution in [0.5, 0.6) is 0 Å². The maximum Gasteiger partial charge on any atom is 0.451 e. The first kappa shape index (κ1) is 18.5. The van der Waals surface area contributed by atoms with Gasteiger partial charge >= 0.3 is 12.1 Å². The van der Waals surface area contributed by atoms with Crippen molar-refractivity contribution in [3.63, 3.8) is 0 Å². The van der Waals surface area contributed by atoms with Gasteiger partial charge in [-0.15, -0.1) is 5.10 Å². The van der Waals surface area contributed by atoms with Crippen LogP contribution in [0.2, 0.25) is 0 Å². The van der Waals surface area contributed by atoms with E-state index in [0.29, 0.717) is 11.3 Å². The molecule has 2 aromatic rings. The van der Waals surface area contributed by atoms with Gasteiger partial charge in [0.1, 0.15) is 5.69 Å². The largest absolute Gasteiger partial charge is 0.459 e. The number of aromatic nitrogens is 4. The molecule has 0 bridgehead atoms. The molecule has 11 heteroatoms. The zero-order valence-corrected chi connectivity index (χ0v) is 13.8. The number of esters is 1. The minimum absolute atomic E-state index is 0.00608. The lowest BCUT2D eigenvalue weighted by molar-refractivity contribution is -0.144. The van der Waals surface area contributed by atoms with E-state index in [1.54, 1.807) is 25.9 Å². The third kappa shape index (κ3) is 3.98. The highest BCUT2D eigenvalue weighted by molar-refractivity contribution is 6.06. The fraction of sp³-hybridized carbons (Fsp3) is 0.429. The molecular formula is C14H16F3N5O3. The second-order valence-corrected chi connectivity index (χ2v) is 5.54. The maximum atomic E-state index is 12.5. The van der Waals surface area contributed by atoms with Crippen LogP contribution in [0.15, 0.2) is 0 Å². The molecular weight excluding hydrogens is 343 g/mol. The fourth-order valence-electron chi connectivity index (χ4n) is 2.16. The molecule has 136 valence electrons. The lowest BCUT2D eigenvalue weighted by atomic mass is 10.1. The molecule has 3 N–H and O–H groups in total. The third-order valence-electron chi connectivity index (χ3n) is 3.19. The van der Waals surface area contributed by atoms with Crippen LogP contribution >= 0.6 is 0 Å². The van der Waals surface area contributed by atoms with Gasteiger partial charge in [-0.1, -0.05) is 0 Å². The van der Waals surface area contributed by atoms with E-state index in [2.05, 4.69) is 20.4 Å². The van der Waals surface area contributed by atoms with Crippen LogP contribution in [-0.2, 0) is 10.9 Å². The maximum absolute atomic E-state index is 12.5. The van der Waals surface area contributed by atoms with Crippen LogP contribution in [-0.4, -0.2) is 38.1 Å². The number of hydrogen-bond acceptors (Lipinski definition) is 5. The van der Waals surface area contributed by atoms with Crippen molar-refractivity contribution in [2.45, 2.75) is 40.0 Å². The Hall–Kier alpha value is -2.85. The zero-order valence-electron chi connectivity index (χ0n) is 13.8. The number of nitrogens with zero attached hydrogens (tertiary/aromatic N) is 2. The topological polar surface area (TPSA) is 113 Å². The molecule has 0 atom stereocenters. The predicted molar refractivity (Wildman–Crippen MR) is 80.2 cm³/mol. The number of carbonyl (C=O) groups excluding carboxylic acids is 2. The molecule has 0 saturated carbocycles. The van der Waals surface area contributed by atoms with Gasteiger partial charge < -0.3 is 9.72 Å². The van der Waals surface area contributed by atoms with E-state index in [-0.39, 0.29) is 17.4 Å². The first-order chi connectivity index (χ1) is 11.5. The standard InChI is InChI=1S/C14H16F3N5O3/c1-5(2)25-11(24)8-6(3)9(18-7(8)4)10(23)19-13-20-12(21-22-13)14(15,16)17/h5,18H,1-4H3,(H2,19,20,21,22,23). The van der Waals surface area contributed by atoms with Gasteiger partial charge in [0.15, 0.2) is 0 Å². The second kappa shape index (κ2) is 6.57. The average Bonchev–Trinajstić information content (AvgIpc) is 3.02. The number of rotatable bonds is 4. The highest BCUT2D eigenvalue weighted by Crippen LogP contribution is 2.26. The number of hydrogen-bond donors (Lipinski definition) is 3. The van der Waals surface area contributed by atoms with Gasteiger partial charge in [-0.3, -0.25) is 15.2 Å². The Kier molecular flexibility index (Phi) is 4.86. The quantitative estimate of drug-likeness (QED) is 0.726. The molecule has 8 nitrogen and oxygen atoms in total. The van der Waals surface area contributed by atoms with E-state index in [9.17, 15) is 22.8 Å². The van der Waals surface area contributed by atoms with E-state index in [0.717, 1.165) is 0 Å². The highest BCUT2D eigenvalue weighted by Gasteiger charge is 2.35. The zero-order chi connectivity index (χ0) is 18.9. The van der Waals surface area contributed by atoms with Gasteiger partial charge in [-0.25, -0.2) is 4.79 Å². The van der Waals surface area contributed by atoms with Crippen LogP contribution in [0.25, 0.3) is 0 Å². The summed E-state index contributed by atoms with van der Waals surface area (Å²) < 4.78 is 42.5. The molecule has 0 aromatic carbocycles. The summed E-state index contributed by atoms with van der Waals surface area (Å²) in [6.45, 7) is 6.47. The van der Waals surface area contributed by atoms with E-state index in [1.807, 2.05) is 0 Å². The van der Waals surface area contributed by atoms with Crippen molar-refractivity contribution in [2.24, 2.45) is 0 Å². The SMILES string of the molecule is Cc1[nH]c(C(=O)Nc2n[nH]c(C(F)(F)F)n2)c(C)c1C(=O)OC(C)C. The van der Waals surface area contributed by atoms with Crippen LogP contribution in [0.1, 0.15) is 51.8 Å². The normalized spacial score (nSPS) is 11.7. The third-order valence-corrected chi connectivity index (χ3v) is 3.19. The van der Waals surface area contributed by atoms with Crippen LogP contribution in [0, 0.1) is 13.8 Å². The van der Waals surface area contributed by atoms with E-state index >= 15 is 0 Å². The number of carbonyl (C=O) groups is 2. The summed E-state index contributed by atoms with van der Waals surface area (Å²) in [4.78, 5) is 30.2. The van der Waals surface area contributed by atoms with Gasteiger partial charge in [0, 0.05) is 5.69 Å². The summed E-state index contributed by atoms with van der Waals surface area (Å²) in [6.07, 6.45) is -5.05. The Balaban J connectivity index is 2.23. The number of halogens is 3. The van der Waals surface area contributed by atoms with Crippen molar-refractivity contribution in [1.29, 1.82) is 0 Å². The van der Waals surface area contributed by atoms with Crippen LogP contribution < -0.4 is 5.32 Å². The molecule has 0 aliphatic carbocycles. The Bertz CT molecular complexity index is 807. The summed E-state index contributed by atoms with van der Waals surface area (Å²) >= 11 is 0. The van der Waals surface area contributed by atoms with Crippen molar-refractivity contribution in [3.05, 3.63) is 28.3 Å². The molecule has 0 fully saturated rings. The minimum atomic E-state index is -4.71.